The summed E-state index contributed by atoms with van der Waals surface area (Å²) in [5, 5.41) is 4.49. The normalized spacial score (nSPS) is 22.4. The third kappa shape index (κ3) is 5.58. The second kappa shape index (κ2) is 7.69. The fraction of sp³-hybridized carbons (Fsp3) is 1.00. The highest BCUT2D eigenvalue weighted by Crippen LogP contribution is 2.25. The van der Waals surface area contributed by atoms with Crippen molar-refractivity contribution in [2.75, 3.05) is 18.8 Å². The van der Waals surface area contributed by atoms with Crippen molar-refractivity contribution < 1.29 is 0 Å². The number of nitrogens with one attached hydrogen (secondary N) is 1. The third-order valence-electron chi connectivity index (χ3n) is 2.60. The van der Waals surface area contributed by atoms with Crippen molar-refractivity contribution >= 4 is 11.8 Å². The third-order valence-corrected chi connectivity index (χ3v) is 4.00. The van der Waals surface area contributed by atoms with Gasteiger partial charge >= 0.3 is 0 Å². The lowest BCUT2D eigenvalue weighted by Crippen LogP contribution is -2.24. The molecule has 0 aliphatic carbocycles. The van der Waals surface area contributed by atoms with Gasteiger partial charge < -0.3 is 5.32 Å². The second-order valence-electron chi connectivity index (χ2n) is 3.90. The van der Waals surface area contributed by atoms with Crippen molar-refractivity contribution in [3.8, 4) is 0 Å². The summed E-state index contributed by atoms with van der Waals surface area (Å²) in [5.41, 5.74) is 0. The predicted molar refractivity (Wildman–Crippen MR) is 62.5 cm³/mol. The molecule has 1 fully saturated rings. The van der Waals surface area contributed by atoms with Crippen LogP contribution in [0.5, 0.6) is 0 Å². The highest BCUT2D eigenvalue weighted by atomic mass is 32.2. The van der Waals surface area contributed by atoms with Gasteiger partial charge in [0.1, 0.15) is 0 Å². The lowest BCUT2D eigenvalue weighted by molar-refractivity contribution is 0.585. The van der Waals surface area contributed by atoms with Gasteiger partial charge in [-0.15, -0.1) is 0 Å². The first-order valence-corrected chi connectivity index (χ1v) is 6.80. The molecule has 1 atom stereocenters. The van der Waals surface area contributed by atoms with Crippen LogP contribution in [0.3, 0.4) is 0 Å². The molecule has 0 spiro atoms. The van der Waals surface area contributed by atoms with Crippen LogP contribution in [0.15, 0.2) is 0 Å². The summed E-state index contributed by atoms with van der Waals surface area (Å²) in [5.74, 6) is 1.39. The highest BCUT2D eigenvalue weighted by Gasteiger charge is 2.13. The van der Waals surface area contributed by atoms with Crippen LogP contribution < -0.4 is 5.32 Å². The zero-order valence-corrected chi connectivity index (χ0v) is 9.67. The minimum Gasteiger partial charge on any atom is -0.316 e. The summed E-state index contributed by atoms with van der Waals surface area (Å²) >= 11 is 2.15. The van der Waals surface area contributed by atoms with Gasteiger partial charge in [0.15, 0.2) is 0 Å². The van der Waals surface area contributed by atoms with E-state index in [0.717, 1.165) is 5.25 Å². The smallest absolute Gasteiger partial charge is 0.0172 e. The van der Waals surface area contributed by atoms with Crippen LogP contribution in [-0.2, 0) is 0 Å². The molecule has 0 aromatic rings. The minimum atomic E-state index is 0.922. The van der Waals surface area contributed by atoms with E-state index in [1.807, 2.05) is 0 Å². The van der Waals surface area contributed by atoms with Gasteiger partial charge in [-0.1, -0.05) is 26.2 Å². The van der Waals surface area contributed by atoms with E-state index in [9.17, 15) is 0 Å². The Hall–Kier alpha value is 0.310. The van der Waals surface area contributed by atoms with Crippen LogP contribution in [0.4, 0.5) is 0 Å². The van der Waals surface area contributed by atoms with Gasteiger partial charge in [-0.25, -0.2) is 0 Å². The van der Waals surface area contributed by atoms with Gasteiger partial charge in [0, 0.05) is 11.8 Å². The average molecular weight is 201 g/mol. The molecule has 2 heteroatoms. The Labute approximate surface area is 87.1 Å². The van der Waals surface area contributed by atoms with Crippen LogP contribution in [0.25, 0.3) is 0 Å². The largest absolute Gasteiger partial charge is 0.316 e. The van der Waals surface area contributed by atoms with Crippen molar-refractivity contribution in [1.29, 1.82) is 0 Å². The van der Waals surface area contributed by atoms with Crippen molar-refractivity contribution in [2.24, 2.45) is 0 Å². The Morgan fingerprint density at radius 1 is 1.31 bits per heavy atom. The molecule has 0 radical (unpaired) electrons. The fourth-order valence-electron chi connectivity index (χ4n) is 1.75. The van der Waals surface area contributed by atoms with Crippen LogP contribution in [0, 0.1) is 0 Å². The maximum atomic E-state index is 3.57. The molecule has 78 valence electrons. The Balaban J connectivity index is 1.78. The standard InChI is InChI=1S/C11H23NS/c1-2-3-4-5-8-12-10-11-7-6-9-13-11/h11-12H,2-10H2,1H3. The van der Waals surface area contributed by atoms with Gasteiger partial charge in [-0.3, -0.25) is 0 Å². The Bertz CT molecular complexity index is 111. The monoisotopic (exact) mass is 201 g/mol. The summed E-state index contributed by atoms with van der Waals surface area (Å²) in [4.78, 5) is 0. The maximum absolute atomic E-state index is 3.57. The topological polar surface area (TPSA) is 12.0 Å². The lowest BCUT2D eigenvalue weighted by atomic mass is 10.2. The van der Waals surface area contributed by atoms with Crippen molar-refractivity contribution in [2.45, 2.75) is 50.7 Å². The summed E-state index contributed by atoms with van der Waals surface area (Å²) in [7, 11) is 0. The molecular formula is C11H23NS. The van der Waals surface area contributed by atoms with Crippen molar-refractivity contribution in [3.63, 3.8) is 0 Å². The number of unbranched alkanes of at least 4 members (excludes halogenated alkanes) is 3. The maximum Gasteiger partial charge on any atom is 0.0172 e. The zero-order valence-electron chi connectivity index (χ0n) is 8.85. The van der Waals surface area contributed by atoms with Crippen molar-refractivity contribution in [1.82, 2.24) is 5.32 Å². The van der Waals surface area contributed by atoms with E-state index in [4.69, 9.17) is 0 Å². The first-order valence-electron chi connectivity index (χ1n) is 5.76. The van der Waals surface area contributed by atoms with Gasteiger partial charge in [-0.05, 0) is 31.6 Å². The molecule has 13 heavy (non-hydrogen) atoms. The minimum absolute atomic E-state index is 0.922. The van der Waals surface area contributed by atoms with Crippen molar-refractivity contribution in [3.05, 3.63) is 0 Å². The van der Waals surface area contributed by atoms with Gasteiger partial charge in [0.05, 0.1) is 0 Å². The van der Waals surface area contributed by atoms with E-state index >= 15 is 0 Å². The van der Waals surface area contributed by atoms with Gasteiger partial charge in [0.25, 0.3) is 0 Å². The van der Waals surface area contributed by atoms with Crippen LogP contribution in [0.2, 0.25) is 0 Å². The van der Waals surface area contributed by atoms with E-state index in [0.29, 0.717) is 0 Å². The summed E-state index contributed by atoms with van der Waals surface area (Å²) in [6.45, 7) is 4.75. The van der Waals surface area contributed by atoms with E-state index < -0.39 is 0 Å². The molecule has 1 N–H and O–H groups in total. The van der Waals surface area contributed by atoms with E-state index in [1.54, 1.807) is 0 Å². The molecule has 1 aliphatic heterocycles. The Morgan fingerprint density at radius 3 is 2.92 bits per heavy atom. The fourth-order valence-corrected chi connectivity index (χ4v) is 2.98. The van der Waals surface area contributed by atoms with Crippen LogP contribution >= 0.6 is 11.8 Å². The summed E-state index contributed by atoms with van der Waals surface area (Å²) in [6.07, 6.45) is 8.39. The molecule has 1 rings (SSSR count). The number of thioether (sulfide) groups is 1. The molecule has 0 saturated carbocycles. The predicted octanol–water partition coefficient (Wildman–Crippen LogP) is 3.05. The Kier molecular flexibility index (Phi) is 6.73. The summed E-state index contributed by atoms with van der Waals surface area (Å²) < 4.78 is 0. The SMILES string of the molecule is CCCCCCNCC1CCCS1. The molecule has 1 heterocycles. The quantitative estimate of drug-likeness (QED) is 0.635. The molecule has 1 nitrogen and oxygen atoms in total. The lowest BCUT2D eigenvalue weighted by Gasteiger charge is -2.09. The number of rotatable bonds is 7. The van der Waals surface area contributed by atoms with E-state index in [1.165, 1.54) is 57.4 Å². The number of hydrogen-bond acceptors (Lipinski definition) is 2. The zero-order chi connectivity index (χ0) is 9.36. The van der Waals surface area contributed by atoms with E-state index in [2.05, 4.69) is 24.0 Å². The molecule has 0 aromatic heterocycles. The molecule has 0 amide bonds. The molecule has 1 aliphatic rings. The summed E-state index contributed by atoms with van der Waals surface area (Å²) in [6, 6.07) is 0. The van der Waals surface area contributed by atoms with Gasteiger partial charge in [-0.2, -0.15) is 11.8 Å². The second-order valence-corrected chi connectivity index (χ2v) is 5.31. The number of hydrogen-bond donors (Lipinski definition) is 1. The molecule has 1 unspecified atom stereocenters. The average Bonchev–Trinajstić information content (AvgIpc) is 2.63. The van der Waals surface area contributed by atoms with E-state index in [-0.39, 0.29) is 0 Å². The van der Waals surface area contributed by atoms with Crippen LogP contribution in [0.1, 0.15) is 45.4 Å². The molecular weight excluding hydrogens is 178 g/mol. The first-order chi connectivity index (χ1) is 6.43. The molecule has 1 saturated heterocycles. The molecule has 0 bridgehead atoms. The van der Waals surface area contributed by atoms with Crippen LogP contribution in [-0.4, -0.2) is 24.1 Å². The first kappa shape index (κ1) is 11.4. The Morgan fingerprint density at radius 2 is 2.23 bits per heavy atom. The van der Waals surface area contributed by atoms with Gasteiger partial charge in [0.2, 0.25) is 0 Å². The highest BCUT2D eigenvalue weighted by molar-refractivity contribution is 8.00. The molecule has 0 aromatic carbocycles.